The number of nitrogens with zero attached hydrogens (tertiary/aromatic N) is 4. The molecule has 2 aromatic heterocycles. The van der Waals surface area contributed by atoms with E-state index in [1.807, 2.05) is 43.3 Å². The summed E-state index contributed by atoms with van der Waals surface area (Å²) >= 11 is 3.43. The highest BCUT2D eigenvalue weighted by Crippen LogP contribution is 2.36. The number of hydrogen-bond donors (Lipinski definition) is 2. The molecule has 26 heavy (non-hydrogen) atoms. The Kier molecular flexibility index (Phi) is 4.04. The SMILES string of the molecule is CC1=C(C(N)=O)C(c2ccc(Br)cc2)n2nc(-c3cccnc3)nc2N1. The summed E-state index contributed by atoms with van der Waals surface area (Å²) in [5.41, 5.74) is 8.49. The van der Waals surface area contributed by atoms with Crippen LogP contribution in [0.4, 0.5) is 5.95 Å². The molecule has 3 aromatic rings. The normalized spacial score (nSPS) is 16.2. The number of nitrogens with one attached hydrogen (secondary N) is 1. The second-order valence-corrected chi connectivity index (χ2v) is 6.84. The van der Waals surface area contributed by atoms with Crippen molar-refractivity contribution in [2.75, 3.05) is 5.32 Å². The lowest BCUT2D eigenvalue weighted by Gasteiger charge is -2.27. The van der Waals surface area contributed by atoms with Crippen molar-refractivity contribution >= 4 is 27.8 Å². The van der Waals surface area contributed by atoms with Crippen LogP contribution >= 0.6 is 15.9 Å². The zero-order valence-electron chi connectivity index (χ0n) is 13.8. The number of nitrogens with two attached hydrogens (primary N) is 1. The van der Waals surface area contributed by atoms with E-state index in [2.05, 4.69) is 36.3 Å². The number of primary amides is 1. The van der Waals surface area contributed by atoms with E-state index in [-0.39, 0.29) is 0 Å². The van der Waals surface area contributed by atoms with Gasteiger partial charge >= 0.3 is 0 Å². The highest BCUT2D eigenvalue weighted by atomic mass is 79.9. The van der Waals surface area contributed by atoms with Gasteiger partial charge < -0.3 is 11.1 Å². The number of halogens is 1. The highest BCUT2D eigenvalue weighted by molar-refractivity contribution is 9.10. The highest BCUT2D eigenvalue weighted by Gasteiger charge is 2.33. The van der Waals surface area contributed by atoms with Crippen molar-refractivity contribution in [3.05, 3.63) is 70.1 Å². The van der Waals surface area contributed by atoms with E-state index < -0.39 is 11.9 Å². The molecule has 3 N–H and O–H groups in total. The minimum atomic E-state index is -0.494. The van der Waals surface area contributed by atoms with Crippen molar-refractivity contribution < 1.29 is 4.79 Å². The average molecular weight is 411 g/mol. The maximum Gasteiger partial charge on any atom is 0.248 e. The monoisotopic (exact) mass is 410 g/mol. The summed E-state index contributed by atoms with van der Waals surface area (Å²) in [5, 5.41) is 7.75. The van der Waals surface area contributed by atoms with Gasteiger partial charge in [0.2, 0.25) is 11.9 Å². The van der Waals surface area contributed by atoms with Gasteiger partial charge in [0.1, 0.15) is 6.04 Å². The third-order valence-electron chi connectivity index (χ3n) is 4.22. The zero-order chi connectivity index (χ0) is 18.3. The van der Waals surface area contributed by atoms with Gasteiger partial charge in [-0.3, -0.25) is 9.78 Å². The molecule has 1 atom stereocenters. The van der Waals surface area contributed by atoms with E-state index in [1.54, 1.807) is 17.1 Å². The quantitative estimate of drug-likeness (QED) is 0.691. The van der Waals surface area contributed by atoms with Crippen molar-refractivity contribution in [1.29, 1.82) is 0 Å². The van der Waals surface area contributed by atoms with Crippen LogP contribution in [0.2, 0.25) is 0 Å². The van der Waals surface area contributed by atoms with Gasteiger partial charge in [-0.2, -0.15) is 4.98 Å². The van der Waals surface area contributed by atoms with Crippen LogP contribution in [0.3, 0.4) is 0 Å². The molecule has 0 fully saturated rings. The molecule has 1 aliphatic heterocycles. The number of anilines is 1. The molecule has 7 nitrogen and oxygen atoms in total. The van der Waals surface area contributed by atoms with Gasteiger partial charge in [-0.25, -0.2) is 4.68 Å². The molecular weight excluding hydrogens is 396 g/mol. The Bertz CT molecular complexity index is 1010. The van der Waals surface area contributed by atoms with Crippen molar-refractivity contribution in [3.8, 4) is 11.4 Å². The predicted octanol–water partition coefficient (Wildman–Crippen LogP) is 2.88. The lowest BCUT2D eigenvalue weighted by Crippen LogP contribution is -2.31. The summed E-state index contributed by atoms with van der Waals surface area (Å²) in [6.07, 6.45) is 3.39. The number of allylic oxidation sites excluding steroid dienone is 1. The Morgan fingerprint density at radius 3 is 2.69 bits per heavy atom. The molecule has 1 unspecified atom stereocenters. The van der Waals surface area contributed by atoms with E-state index in [9.17, 15) is 4.79 Å². The van der Waals surface area contributed by atoms with Crippen LogP contribution in [0, 0.1) is 0 Å². The molecule has 0 saturated carbocycles. The number of benzene rings is 1. The molecule has 130 valence electrons. The van der Waals surface area contributed by atoms with Crippen LogP contribution in [0.25, 0.3) is 11.4 Å². The number of fused-ring (bicyclic) bond motifs is 1. The van der Waals surface area contributed by atoms with E-state index in [0.29, 0.717) is 23.0 Å². The van der Waals surface area contributed by atoms with Crippen molar-refractivity contribution in [3.63, 3.8) is 0 Å². The van der Waals surface area contributed by atoms with Gasteiger partial charge in [-0.15, -0.1) is 5.10 Å². The van der Waals surface area contributed by atoms with E-state index in [1.165, 1.54) is 0 Å². The van der Waals surface area contributed by atoms with E-state index in [4.69, 9.17) is 5.73 Å². The lowest BCUT2D eigenvalue weighted by atomic mass is 9.95. The first kappa shape index (κ1) is 16.5. The first-order valence-electron chi connectivity index (χ1n) is 7.94. The molecule has 0 spiro atoms. The second-order valence-electron chi connectivity index (χ2n) is 5.93. The predicted molar refractivity (Wildman–Crippen MR) is 101 cm³/mol. The fraction of sp³-hybridized carbons (Fsp3) is 0.111. The first-order valence-corrected chi connectivity index (χ1v) is 8.74. The molecule has 0 bridgehead atoms. The topological polar surface area (TPSA) is 98.7 Å². The molecule has 1 aromatic carbocycles. The number of carbonyl (C=O) groups excluding carboxylic acids is 1. The van der Waals surface area contributed by atoms with Crippen LogP contribution in [-0.2, 0) is 4.79 Å². The third kappa shape index (κ3) is 2.78. The fourth-order valence-corrected chi connectivity index (χ4v) is 3.31. The molecule has 0 aliphatic carbocycles. The van der Waals surface area contributed by atoms with Crippen molar-refractivity contribution in [1.82, 2.24) is 19.7 Å². The second kappa shape index (κ2) is 6.38. The third-order valence-corrected chi connectivity index (χ3v) is 4.75. The zero-order valence-corrected chi connectivity index (χ0v) is 15.4. The number of amides is 1. The van der Waals surface area contributed by atoms with Crippen LogP contribution < -0.4 is 11.1 Å². The number of carbonyl (C=O) groups is 1. The Morgan fingerprint density at radius 1 is 1.27 bits per heavy atom. The summed E-state index contributed by atoms with van der Waals surface area (Å²) in [4.78, 5) is 20.8. The number of aromatic nitrogens is 4. The van der Waals surface area contributed by atoms with Crippen LogP contribution in [-0.4, -0.2) is 25.7 Å². The maximum atomic E-state index is 12.1. The molecule has 3 heterocycles. The summed E-state index contributed by atoms with van der Waals surface area (Å²) in [5.74, 6) is 0.590. The Morgan fingerprint density at radius 2 is 2.04 bits per heavy atom. The fourth-order valence-electron chi connectivity index (χ4n) is 3.04. The largest absolute Gasteiger partial charge is 0.366 e. The maximum absolute atomic E-state index is 12.1. The summed E-state index contributed by atoms with van der Waals surface area (Å²) in [7, 11) is 0. The molecular formula is C18H15BrN6O. The molecule has 0 saturated heterocycles. The van der Waals surface area contributed by atoms with Gasteiger partial charge in [0.25, 0.3) is 0 Å². The summed E-state index contributed by atoms with van der Waals surface area (Å²) in [6, 6.07) is 11.0. The van der Waals surface area contributed by atoms with Gasteiger partial charge in [-0.05, 0) is 36.8 Å². The molecule has 1 amide bonds. The van der Waals surface area contributed by atoms with Crippen LogP contribution in [0.5, 0.6) is 0 Å². The lowest BCUT2D eigenvalue weighted by molar-refractivity contribution is -0.115. The Labute approximate surface area is 158 Å². The van der Waals surface area contributed by atoms with Gasteiger partial charge in [0, 0.05) is 28.1 Å². The Balaban J connectivity index is 1.88. The number of rotatable bonds is 3. The first-order chi connectivity index (χ1) is 12.5. The minimum Gasteiger partial charge on any atom is -0.366 e. The van der Waals surface area contributed by atoms with Crippen molar-refractivity contribution in [2.45, 2.75) is 13.0 Å². The van der Waals surface area contributed by atoms with Gasteiger partial charge in [0.15, 0.2) is 5.82 Å². The smallest absolute Gasteiger partial charge is 0.248 e. The molecule has 4 rings (SSSR count). The standard InChI is InChI=1S/C18H15BrN6O/c1-10-14(16(20)26)15(11-4-6-13(19)7-5-11)25-18(22-10)23-17(24-25)12-3-2-8-21-9-12/h2-9,15H,1H3,(H2,20,26)(H,22,23,24). The number of pyridine rings is 1. The number of hydrogen-bond acceptors (Lipinski definition) is 5. The summed E-state index contributed by atoms with van der Waals surface area (Å²) in [6.45, 7) is 1.81. The summed E-state index contributed by atoms with van der Waals surface area (Å²) < 4.78 is 2.64. The van der Waals surface area contributed by atoms with E-state index >= 15 is 0 Å². The molecule has 8 heteroatoms. The van der Waals surface area contributed by atoms with Crippen LogP contribution in [0.1, 0.15) is 18.5 Å². The average Bonchev–Trinajstić information content (AvgIpc) is 3.05. The van der Waals surface area contributed by atoms with Crippen LogP contribution in [0.15, 0.2) is 64.5 Å². The van der Waals surface area contributed by atoms with Gasteiger partial charge in [-0.1, -0.05) is 28.1 Å². The Hall–Kier alpha value is -3.00. The molecule has 1 aliphatic rings. The molecule has 0 radical (unpaired) electrons. The van der Waals surface area contributed by atoms with Crippen molar-refractivity contribution in [2.24, 2.45) is 5.73 Å². The van der Waals surface area contributed by atoms with Gasteiger partial charge in [0.05, 0.1) is 5.57 Å². The van der Waals surface area contributed by atoms with E-state index in [0.717, 1.165) is 15.6 Å². The minimum absolute atomic E-state index is 0.449.